The Morgan fingerprint density at radius 1 is 1.08 bits per heavy atom. The summed E-state index contributed by atoms with van der Waals surface area (Å²) in [5.41, 5.74) is 0.991. The van der Waals surface area contributed by atoms with Gasteiger partial charge in [-0.2, -0.15) is 0 Å². The topological polar surface area (TPSA) is 65.1 Å². The molecule has 1 aliphatic heterocycles. The maximum Gasteiger partial charge on any atom is 0.369 e. The van der Waals surface area contributed by atoms with Gasteiger partial charge in [0.15, 0.2) is 11.9 Å². The lowest BCUT2D eigenvalue weighted by Gasteiger charge is -2.22. The predicted octanol–water partition coefficient (Wildman–Crippen LogP) is 4.26. The van der Waals surface area contributed by atoms with Crippen molar-refractivity contribution in [2.45, 2.75) is 11.4 Å². The van der Waals surface area contributed by atoms with Crippen molar-refractivity contribution in [1.82, 2.24) is 0 Å². The van der Waals surface area contributed by atoms with Crippen molar-refractivity contribution in [3.8, 4) is 0 Å². The molecular weight excluding hydrogens is 351 g/mol. The van der Waals surface area contributed by atoms with Crippen molar-refractivity contribution in [3.05, 3.63) is 70.7 Å². The Morgan fingerprint density at radius 3 is 2.21 bits per heavy atom. The summed E-state index contributed by atoms with van der Waals surface area (Å²) < 4.78 is 29.1. The smallest absolute Gasteiger partial charge is 0.339 e. The standard InChI is InChI=1S/C17H16ClO5P/c1-21-24(20,22-2)17(13-8-10-14(18)11-9-13)16(23-17)15(19)12-6-4-3-5-7-12/h3-11,16H,1-2H3/t16-,17-/m0/s1. The summed E-state index contributed by atoms with van der Waals surface area (Å²) in [5, 5.41) is -0.946. The van der Waals surface area contributed by atoms with Crippen LogP contribution in [0.25, 0.3) is 0 Å². The summed E-state index contributed by atoms with van der Waals surface area (Å²) in [7, 11) is -1.18. The Hall–Kier alpha value is -1.49. The molecule has 126 valence electrons. The van der Waals surface area contributed by atoms with E-state index in [9.17, 15) is 9.36 Å². The third kappa shape index (κ3) is 2.63. The Morgan fingerprint density at radius 2 is 1.67 bits per heavy atom. The molecule has 0 aliphatic carbocycles. The second-order valence-electron chi connectivity index (χ2n) is 5.29. The van der Waals surface area contributed by atoms with E-state index in [1.165, 1.54) is 14.2 Å². The Labute approximate surface area is 145 Å². The number of carbonyl (C=O) groups is 1. The van der Waals surface area contributed by atoms with Gasteiger partial charge in [-0.15, -0.1) is 0 Å². The molecule has 24 heavy (non-hydrogen) atoms. The van der Waals surface area contributed by atoms with Crippen LogP contribution in [-0.2, 0) is 23.7 Å². The highest BCUT2D eigenvalue weighted by atomic mass is 35.5. The van der Waals surface area contributed by atoms with Gasteiger partial charge in [-0.3, -0.25) is 9.36 Å². The second-order valence-corrected chi connectivity index (χ2v) is 8.12. The van der Waals surface area contributed by atoms with Crippen LogP contribution < -0.4 is 0 Å². The molecule has 1 saturated heterocycles. The van der Waals surface area contributed by atoms with Crippen molar-refractivity contribution in [1.29, 1.82) is 0 Å². The molecule has 5 nitrogen and oxygen atoms in total. The van der Waals surface area contributed by atoms with E-state index >= 15 is 0 Å². The van der Waals surface area contributed by atoms with Gasteiger partial charge in [-0.25, -0.2) is 0 Å². The van der Waals surface area contributed by atoms with Crippen LogP contribution in [-0.4, -0.2) is 26.1 Å². The lowest BCUT2D eigenvalue weighted by Crippen LogP contribution is -2.21. The molecule has 1 aliphatic rings. The molecule has 0 unspecified atom stereocenters. The van der Waals surface area contributed by atoms with Crippen LogP contribution in [0.5, 0.6) is 0 Å². The largest absolute Gasteiger partial charge is 0.369 e. The van der Waals surface area contributed by atoms with Gasteiger partial charge in [0.2, 0.25) is 5.34 Å². The quantitative estimate of drug-likeness (QED) is 0.434. The minimum absolute atomic E-state index is 0.278. The molecule has 2 aromatic rings. The minimum Gasteiger partial charge on any atom is -0.339 e. The maximum atomic E-state index is 13.1. The van der Waals surface area contributed by atoms with E-state index in [-0.39, 0.29) is 5.78 Å². The van der Waals surface area contributed by atoms with Crippen LogP contribution in [0.3, 0.4) is 0 Å². The second kappa shape index (κ2) is 6.43. The normalized spacial score (nSPS) is 23.0. The first kappa shape index (κ1) is 17.3. The number of Topliss-reactive ketones (excluding diaryl/α,β-unsaturated/α-hetero) is 1. The van der Waals surface area contributed by atoms with Crippen molar-refractivity contribution >= 4 is 25.0 Å². The number of hydrogen-bond acceptors (Lipinski definition) is 5. The van der Waals surface area contributed by atoms with Crippen molar-refractivity contribution in [2.24, 2.45) is 0 Å². The number of halogens is 1. The third-order valence-electron chi connectivity index (χ3n) is 4.04. The molecule has 7 heteroatoms. The molecule has 2 atom stereocenters. The highest BCUT2D eigenvalue weighted by Gasteiger charge is 2.74. The summed E-state index contributed by atoms with van der Waals surface area (Å²) >= 11 is 5.92. The first-order valence-electron chi connectivity index (χ1n) is 7.23. The van der Waals surface area contributed by atoms with E-state index in [2.05, 4.69) is 0 Å². The summed E-state index contributed by atoms with van der Waals surface area (Å²) in [5.74, 6) is -0.278. The van der Waals surface area contributed by atoms with Crippen molar-refractivity contribution in [2.75, 3.05) is 14.2 Å². The average Bonchev–Trinajstić information content (AvgIpc) is 3.39. The van der Waals surface area contributed by atoms with Crippen molar-refractivity contribution < 1.29 is 23.1 Å². The summed E-state index contributed by atoms with van der Waals surface area (Å²) in [6, 6.07) is 15.3. The van der Waals surface area contributed by atoms with Crippen LogP contribution in [0.1, 0.15) is 15.9 Å². The van der Waals surface area contributed by atoms with Crippen LogP contribution in [0, 0.1) is 0 Å². The zero-order chi connectivity index (χ0) is 17.4. The monoisotopic (exact) mass is 366 g/mol. The molecule has 1 fully saturated rings. The number of epoxide rings is 1. The molecule has 1 heterocycles. The third-order valence-corrected chi connectivity index (χ3v) is 6.66. The van der Waals surface area contributed by atoms with Crippen LogP contribution >= 0.6 is 19.2 Å². The molecule has 0 aromatic heterocycles. The molecule has 0 N–H and O–H groups in total. The lowest BCUT2D eigenvalue weighted by atomic mass is 10.0. The van der Waals surface area contributed by atoms with Crippen molar-refractivity contribution in [3.63, 3.8) is 0 Å². The number of carbonyl (C=O) groups excluding carboxylic acids is 1. The van der Waals surface area contributed by atoms with Gasteiger partial charge >= 0.3 is 7.60 Å². The molecular formula is C17H16ClO5P. The minimum atomic E-state index is -3.73. The van der Waals surface area contributed by atoms with Gasteiger partial charge < -0.3 is 13.8 Å². The number of ketones is 1. The predicted molar refractivity (Wildman–Crippen MR) is 90.4 cm³/mol. The van der Waals surface area contributed by atoms with Gasteiger partial charge in [0.05, 0.1) is 0 Å². The van der Waals surface area contributed by atoms with E-state index in [0.717, 1.165) is 0 Å². The molecule has 0 saturated carbocycles. The number of ether oxygens (including phenoxy) is 1. The molecule has 3 rings (SSSR count). The summed E-state index contributed by atoms with van der Waals surface area (Å²) in [6.45, 7) is 0. The first-order valence-corrected chi connectivity index (χ1v) is 9.15. The van der Waals surface area contributed by atoms with E-state index in [1.807, 2.05) is 6.07 Å². The summed E-state index contributed by atoms with van der Waals surface area (Å²) in [4.78, 5) is 12.8. The van der Waals surface area contributed by atoms with Gasteiger partial charge in [-0.1, -0.05) is 54.1 Å². The van der Waals surface area contributed by atoms with Gasteiger partial charge in [-0.05, 0) is 17.7 Å². The average molecular weight is 367 g/mol. The molecule has 0 amide bonds. The van der Waals surface area contributed by atoms with E-state index in [0.29, 0.717) is 16.1 Å². The molecule has 0 radical (unpaired) electrons. The van der Waals surface area contributed by atoms with E-state index < -0.39 is 19.0 Å². The van der Waals surface area contributed by atoms with Crippen LogP contribution in [0.15, 0.2) is 54.6 Å². The first-order chi connectivity index (χ1) is 11.5. The van der Waals surface area contributed by atoms with Gasteiger partial charge in [0.1, 0.15) is 0 Å². The molecule has 0 spiro atoms. The summed E-state index contributed by atoms with van der Waals surface area (Å²) in [6.07, 6.45) is -0.952. The zero-order valence-electron chi connectivity index (χ0n) is 13.1. The van der Waals surface area contributed by atoms with Gasteiger partial charge in [0, 0.05) is 24.8 Å². The number of benzene rings is 2. The Balaban J connectivity index is 2.05. The highest BCUT2D eigenvalue weighted by molar-refractivity contribution is 7.55. The van der Waals surface area contributed by atoms with Crippen LogP contribution in [0.4, 0.5) is 0 Å². The molecule has 2 aromatic carbocycles. The zero-order valence-corrected chi connectivity index (χ0v) is 14.8. The van der Waals surface area contributed by atoms with E-state index in [4.69, 9.17) is 25.4 Å². The van der Waals surface area contributed by atoms with Gasteiger partial charge in [0.25, 0.3) is 0 Å². The number of hydrogen-bond donors (Lipinski definition) is 0. The Kier molecular flexibility index (Phi) is 4.65. The van der Waals surface area contributed by atoms with E-state index in [1.54, 1.807) is 48.5 Å². The maximum absolute atomic E-state index is 13.1. The lowest BCUT2D eigenvalue weighted by molar-refractivity contribution is 0.0953. The Bertz CT molecular complexity index is 784. The number of rotatable bonds is 6. The SMILES string of the molecule is COP(=O)(OC)[C@]1(c2ccc(Cl)cc2)O[C@H]1C(=O)c1ccccc1. The fourth-order valence-corrected chi connectivity index (χ4v) is 4.67. The van der Waals surface area contributed by atoms with Crippen LogP contribution in [0.2, 0.25) is 5.02 Å². The fraction of sp³-hybridized carbons (Fsp3) is 0.235. The molecule has 0 bridgehead atoms. The highest BCUT2D eigenvalue weighted by Crippen LogP contribution is 2.74. The fourth-order valence-electron chi connectivity index (χ4n) is 2.75.